The van der Waals surface area contributed by atoms with Crippen molar-refractivity contribution in [3.8, 4) is 11.5 Å². The SMILES string of the molecule is COc1cc2ncnc(Nc3ccc(F)c(Cl)c3)c2cc1OC1CCN(C(=O)N2C[C@H]3C[C@@H]2CO3)CC1. The standard InChI is InChI=1S/C26H27ClFN5O4/c1-35-23-11-22-19(25(30-14-29-22)31-15-2-3-21(28)20(27)8-15)10-24(23)37-17-4-6-32(7-5-17)26(34)33-12-18-9-16(33)13-36-18/h2-3,8,10-11,14,16-18H,4-7,9,12-13H2,1H3,(H,29,30,31)/t16-,18-/m1/s1. The first-order chi connectivity index (χ1) is 18.0. The molecule has 9 nitrogen and oxygen atoms in total. The minimum Gasteiger partial charge on any atom is -0.493 e. The van der Waals surface area contributed by atoms with Crippen molar-refractivity contribution in [1.82, 2.24) is 19.8 Å². The van der Waals surface area contributed by atoms with Crippen LogP contribution in [-0.2, 0) is 4.74 Å². The van der Waals surface area contributed by atoms with Crippen molar-refractivity contribution in [2.75, 3.05) is 38.7 Å². The highest BCUT2D eigenvalue weighted by molar-refractivity contribution is 6.31. The van der Waals surface area contributed by atoms with Crippen molar-refractivity contribution >= 4 is 40.0 Å². The zero-order chi connectivity index (χ0) is 25.5. The van der Waals surface area contributed by atoms with Gasteiger partial charge in [-0.05, 0) is 30.7 Å². The lowest BCUT2D eigenvalue weighted by atomic mass is 10.1. The van der Waals surface area contributed by atoms with Gasteiger partial charge in [0, 0.05) is 49.6 Å². The number of carbonyl (C=O) groups excluding carboxylic acids is 1. The molecule has 2 atom stereocenters. The first-order valence-corrected chi connectivity index (χ1v) is 12.7. The maximum Gasteiger partial charge on any atom is 0.320 e. The lowest BCUT2D eigenvalue weighted by molar-refractivity contribution is 0.0304. The van der Waals surface area contributed by atoms with E-state index in [9.17, 15) is 9.18 Å². The van der Waals surface area contributed by atoms with Crippen LogP contribution in [0.1, 0.15) is 19.3 Å². The number of nitrogens with zero attached hydrogens (tertiary/aromatic N) is 4. The van der Waals surface area contributed by atoms with Crippen molar-refractivity contribution in [3.63, 3.8) is 0 Å². The first-order valence-electron chi connectivity index (χ1n) is 12.4. The molecule has 0 aliphatic carbocycles. The molecule has 0 radical (unpaired) electrons. The summed E-state index contributed by atoms with van der Waals surface area (Å²) in [6, 6.07) is 8.35. The molecule has 3 aromatic rings. The Morgan fingerprint density at radius 3 is 2.73 bits per heavy atom. The van der Waals surface area contributed by atoms with Crippen LogP contribution in [0.3, 0.4) is 0 Å². The number of rotatable bonds is 5. The number of piperidine rings is 1. The van der Waals surface area contributed by atoms with Gasteiger partial charge in [0.2, 0.25) is 0 Å². The van der Waals surface area contributed by atoms with E-state index in [1.54, 1.807) is 19.2 Å². The van der Waals surface area contributed by atoms with Gasteiger partial charge in [-0.15, -0.1) is 0 Å². The molecule has 3 aliphatic heterocycles. The van der Waals surface area contributed by atoms with E-state index in [0.717, 1.165) is 24.6 Å². The number of methoxy groups -OCH3 is 1. The quantitative estimate of drug-likeness (QED) is 0.518. The lowest BCUT2D eigenvalue weighted by Crippen LogP contribution is -2.51. The number of hydrogen-bond acceptors (Lipinski definition) is 7. The fourth-order valence-electron chi connectivity index (χ4n) is 5.29. The number of morpholine rings is 1. The molecule has 1 N–H and O–H groups in total. The van der Waals surface area contributed by atoms with E-state index < -0.39 is 5.82 Å². The van der Waals surface area contributed by atoms with Crippen LogP contribution in [0, 0.1) is 5.82 Å². The number of hydrogen-bond donors (Lipinski definition) is 1. The molecule has 3 saturated heterocycles. The topological polar surface area (TPSA) is 89.1 Å². The number of anilines is 2. The summed E-state index contributed by atoms with van der Waals surface area (Å²) in [5.74, 6) is 1.18. The van der Waals surface area contributed by atoms with Crippen LogP contribution in [-0.4, -0.2) is 77.4 Å². The van der Waals surface area contributed by atoms with Gasteiger partial charge in [0.25, 0.3) is 0 Å². The van der Waals surface area contributed by atoms with Gasteiger partial charge in [0.15, 0.2) is 11.5 Å². The maximum absolute atomic E-state index is 13.6. The van der Waals surface area contributed by atoms with Gasteiger partial charge in [-0.1, -0.05) is 11.6 Å². The largest absolute Gasteiger partial charge is 0.493 e. The molecule has 0 unspecified atom stereocenters. The normalized spacial score (nSPS) is 21.5. The summed E-state index contributed by atoms with van der Waals surface area (Å²) in [7, 11) is 1.59. The van der Waals surface area contributed by atoms with Gasteiger partial charge in [-0.3, -0.25) is 0 Å². The summed E-state index contributed by atoms with van der Waals surface area (Å²) in [5, 5.41) is 3.92. The number of halogens is 2. The average Bonchev–Trinajstić information content (AvgIpc) is 3.55. The third kappa shape index (κ3) is 4.71. The molecule has 3 fully saturated rings. The van der Waals surface area contributed by atoms with Crippen LogP contribution < -0.4 is 14.8 Å². The molecule has 194 valence electrons. The summed E-state index contributed by atoms with van der Waals surface area (Å²) in [5.41, 5.74) is 1.26. The Bertz CT molecular complexity index is 1340. The van der Waals surface area contributed by atoms with E-state index in [-0.39, 0.29) is 29.3 Å². The molecular weight excluding hydrogens is 501 g/mol. The number of carbonyl (C=O) groups is 1. The minimum absolute atomic E-state index is 0.0180. The second kappa shape index (κ2) is 9.83. The molecule has 4 heterocycles. The van der Waals surface area contributed by atoms with E-state index in [1.807, 2.05) is 15.9 Å². The zero-order valence-corrected chi connectivity index (χ0v) is 21.1. The smallest absolute Gasteiger partial charge is 0.320 e. The van der Waals surface area contributed by atoms with Crippen molar-refractivity contribution in [1.29, 1.82) is 0 Å². The summed E-state index contributed by atoms with van der Waals surface area (Å²) < 4.78 is 31.2. The predicted molar refractivity (Wildman–Crippen MR) is 136 cm³/mol. The average molecular weight is 528 g/mol. The minimum atomic E-state index is -0.491. The van der Waals surface area contributed by atoms with Gasteiger partial charge in [0.1, 0.15) is 24.1 Å². The highest BCUT2D eigenvalue weighted by Gasteiger charge is 2.43. The zero-order valence-electron chi connectivity index (χ0n) is 20.3. The number of nitrogens with one attached hydrogen (secondary N) is 1. The van der Waals surface area contributed by atoms with Gasteiger partial charge in [0.05, 0.1) is 36.4 Å². The van der Waals surface area contributed by atoms with Crippen molar-refractivity contribution in [2.24, 2.45) is 0 Å². The molecule has 37 heavy (non-hydrogen) atoms. The Morgan fingerprint density at radius 2 is 2.03 bits per heavy atom. The third-order valence-corrected chi connectivity index (χ3v) is 7.54. The molecule has 6 rings (SSSR count). The van der Waals surface area contributed by atoms with Crippen LogP contribution in [0.5, 0.6) is 11.5 Å². The number of amides is 2. The van der Waals surface area contributed by atoms with E-state index in [2.05, 4.69) is 15.3 Å². The van der Waals surface area contributed by atoms with Crippen LogP contribution in [0.25, 0.3) is 10.9 Å². The highest BCUT2D eigenvalue weighted by Crippen LogP contribution is 2.37. The number of likely N-dealkylation sites (tertiary alicyclic amines) is 2. The molecule has 0 saturated carbocycles. The molecule has 2 amide bonds. The number of ether oxygens (including phenoxy) is 3. The maximum atomic E-state index is 13.6. The predicted octanol–water partition coefficient (Wildman–Crippen LogP) is 4.61. The molecule has 3 aliphatic rings. The summed E-state index contributed by atoms with van der Waals surface area (Å²) in [6.07, 6.45) is 3.96. The Balaban J connectivity index is 1.17. The fraction of sp³-hybridized carbons (Fsp3) is 0.423. The monoisotopic (exact) mass is 527 g/mol. The molecule has 1 aromatic heterocycles. The van der Waals surface area contributed by atoms with E-state index >= 15 is 0 Å². The number of aromatic nitrogens is 2. The van der Waals surface area contributed by atoms with Gasteiger partial charge in [-0.25, -0.2) is 19.2 Å². The Hall–Kier alpha value is -3.37. The Labute approximate surface area is 218 Å². The molecule has 11 heteroatoms. The summed E-state index contributed by atoms with van der Waals surface area (Å²) in [6.45, 7) is 2.61. The van der Waals surface area contributed by atoms with Crippen LogP contribution >= 0.6 is 11.6 Å². The van der Waals surface area contributed by atoms with Crippen LogP contribution in [0.15, 0.2) is 36.7 Å². The van der Waals surface area contributed by atoms with Crippen molar-refractivity contribution in [2.45, 2.75) is 37.5 Å². The van der Waals surface area contributed by atoms with Crippen molar-refractivity contribution < 1.29 is 23.4 Å². The van der Waals surface area contributed by atoms with Gasteiger partial charge in [-0.2, -0.15) is 0 Å². The highest BCUT2D eigenvalue weighted by atomic mass is 35.5. The molecule has 2 bridgehead atoms. The second-order valence-electron chi connectivity index (χ2n) is 9.58. The first kappa shape index (κ1) is 24.0. The molecule has 0 spiro atoms. The molecule has 2 aromatic carbocycles. The second-order valence-corrected chi connectivity index (χ2v) is 9.99. The Kier molecular flexibility index (Phi) is 6.37. The lowest BCUT2D eigenvalue weighted by Gasteiger charge is -2.37. The van der Waals surface area contributed by atoms with Crippen molar-refractivity contribution in [3.05, 3.63) is 47.5 Å². The fourth-order valence-corrected chi connectivity index (χ4v) is 5.47. The number of benzene rings is 2. The summed E-state index contributed by atoms with van der Waals surface area (Å²) in [4.78, 5) is 25.6. The van der Waals surface area contributed by atoms with Gasteiger partial charge < -0.3 is 29.3 Å². The van der Waals surface area contributed by atoms with E-state index in [0.29, 0.717) is 54.8 Å². The van der Waals surface area contributed by atoms with E-state index in [4.69, 9.17) is 25.8 Å². The van der Waals surface area contributed by atoms with Crippen LogP contribution in [0.4, 0.5) is 20.7 Å². The van der Waals surface area contributed by atoms with Gasteiger partial charge >= 0.3 is 6.03 Å². The number of fused-ring (bicyclic) bond motifs is 3. The third-order valence-electron chi connectivity index (χ3n) is 7.26. The van der Waals surface area contributed by atoms with Crippen LogP contribution in [0.2, 0.25) is 5.02 Å². The summed E-state index contributed by atoms with van der Waals surface area (Å²) >= 11 is 5.94. The number of urea groups is 1. The Morgan fingerprint density at radius 1 is 1.19 bits per heavy atom. The molecular formula is C26H27ClFN5O4. The van der Waals surface area contributed by atoms with E-state index in [1.165, 1.54) is 18.5 Å².